The first kappa shape index (κ1) is 13.6. The average Bonchev–Trinajstić information content (AvgIpc) is 3.08. The van der Waals surface area contributed by atoms with E-state index in [2.05, 4.69) is 20.7 Å². The molecule has 0 saturated carbocycles. The number of benzene rings is 1. The molecule has 0 spiro atoms. The lowest BCUT2D eigenvalue weighted by atomic mass is 10.0. The maximum absolute atomic E-state index is 13.2. The van der Waals surface area contributed by atoms with Crippen molar-refractivity contribution in [2.75, 3.05) is 5.32 Å². The second kappa shape index (κ2) is 5.57. The van der Waals surface area contributed by atoms with E-state index >= 15 is 0 Å². The number of hydrogen-bond acceptors (Lipinski definition) is 6. The number of anilines is 1. The molecule has 1 atom stereocenters. The number of amides is 1. The van der Waals surface area contributed by atoms with E-state index in [9.17, 15) is 9.18 Å². The van der Waals surface area contributed by atoms with E-state index in [1.807, 2.05) is 0 Å². The topological polar surface area (TPSA) is 76.5 Å². The summed E-state index contributed by atoms with van der Waals surface area (Å²) in [6.07, 6.45) is -0.458. The van der Waals surface area contributed by atoms with Crippen molar-refractivity contribution in [2.45, 2.75) is 19.4 Å². The Labute approximate surface area is 123 Å². The van der Waals surface area contributed by atoms with Crippen LogP contribution in [0.2, 0.25) is 0 Å². The van der Waals surface area contributed by atoms with Gasteiger partial charge in [0.1, 0.15) is 10.8 Å². The summed E-state index contributed by atoms with van der Waals surface area (Å²) < 4.78 is 13.2. The summed E-state index contributed by atoms with van der Waals surface area (Å²) in [4.78, 5) is 17.1. The van der Waals surface area contributed by atoms with Crippen molar-refractivity contribution in [1.29, 1.82) is 0 Å². The van der Waals surface area contributed by atoms with Crippen molar-refractivity contribution in [2.24, 2.45) is 5.16 Å². The van der Waals surface area contributed by atoms with Crippen LogP contribution in [0.5, 0.6) is 0 Å². The first-order valence-corrected chi connectivity index (χ1v) is 7.03. The highest BCUT2D eigenvalue weighted by Crippen LogP contribution is 2.20. The van der Waals surface area contributed by atoms with Crippen molar-refractivity contribution in [3.8, 4) is 0 Å². The summed E-state index contributed by atoms with van der Waals surface area (Å²) in [5, 5.41) is 15.3. The molecule has 0 radical (unpaired) electrons. The second-order valence-electron chi connectivity index (χ2n) is 4.46. The Morgan fingerprint density at radius 3 is 3.05 bits per heavy atom. The normalized spacial score (nSPS) is 17.2. The maximum Gasteiger partial charge on any atom is 0.270 e. The van der Waals surface area contributed by atoms with E-state index in [0.29, 0.717) is 16.4 Å². The molecule has 108 valence electrons. The van der Waals surface area contributed by atoms with Crippen molar-refractivity contribution in [3.05, 3.63) is 40.7 Å². The van der Waals surface area contributed by atoms with Crippen LogP contribution in [0.3, 0.4) is 0 Å². The van der Waals surface area contributed by atoms with Gasteiger partial charge in [0, 0.05) is 12.0 Å². The van der Waals surface area contributed by atoms with Gasteiger partial charge in [-0.3, -0.25) is 10.1 Å². The molecule has 0 saturated heterocycles. The van der Waals surface area contributed by atoms with Crippen LogP contribution >= 0.6 is 11.3 Å². The van der Waals surface area contributed by atoms with E-state index in [0.717, 1.165) is 5.01 Å². The largest absolute Gasteiger partial charge is 0.382 e. The molecule has 6 nitrogen and oxygen atoms in total. The summed E-state index contributed by atoms with van der Waals surface area (Å²) in [7, 11) is 0. The predicted molar refractivity (Wildman–Crippen MR) is 75.7 cm³/mol. The number of carbonyl (C=O) groups excluding carboxylic acids is 1. The minimum atomic E-state index is -0.743. The molecule has 21 heavy (non-hydrogen) atoms. The molecule has 2 heterocycles. The predicted octanol–water partition coefficient (Wildman–Crippen LogP) is 2.12. The monoisotopic (exact) mass is 306 g/mol. The molecular weight excluding hydrogens is 295 g/mol. The van der Waals surface area contributed by atoms with Gasteiger partial charge in [-0.25, -0.2) is 4.39 Å². The van der Waals surface area contributed by atoms with Crippen LogP contribution in [0.25, 0.3) is 0 Å². The van der Waals surface area contributed by atoms with E-state index in [1.165, 1.54) is 23.5 Å². The molecule has 2 aromatic rings. The van der Waals surface area contributed by atoms with Gasteiger partial charge in [0.15, 0.2) is 0 Å². The third-order valence-electron chi connectivity index (χ3n) is 2.88. The molecule has 1 aliphatic heterocycles. The second-order valence-corrected chi connectivity index (χ2v) is 5.64. The number of carbonyl (C=O) groups is 1. The number of aryl methyl sites for hydroxylation is 1. The van der Waals surface area contributed by atoms with Gasteiger partial charge in [-0.15, -0.1) is 10.2 Å². The zero-order valence-corrected chi connectivity index (χ0v) is 11.9. The number of oxime groups is 1. The molecule has 1 amide bonds. The van der Waals surface area contributed by atoms with E-state index in [-0.39, 0.29) is 18.1 Å². The summed E-state index contributed by atoms with van der Waals surface area (Å²) in [5.74, 6) is -0.700. The average molecular weight is 306 g/mol. The molecule has 0 fully saturated rings. The highest BCUT2D eigenvalue weighted by atomic mass is 32.1. The standard InChI is InChI=1S/C13H11FN4O2S/c1-7-16-17-13(21-7)15-12(19)11-6-10(18-20-11)8-3-2-4-9(14)5-8/h2-5,11H,6H2,1H3,(H,15,17,19). The van der Waals surface area contributed by atoms with Crippen LogP contribution in [-0.4, -0.2) is 27.9 Å². The van der Waals surface area contributed by atoms with Gasteiger partial charge < -0.3 is 4.84 Å². The van der Waals surface area contributed by atoms with Crippen LogP contribution in [0.1, 0.15) is 17.0 Å². The smallest absolute Gasteiger partial charge is 0.270 e. The molecule has 1 aromatic heterocycles. The lowest BCUT2D eigenvalue weighted by molar-refractivity contribution is -0.125. The van der Waals surface area contributed by atoms with Gasteiger partial charge in [0.25, 0.3) is 5.91 Å². The zero-order valence-electron chi connectivity index (χ0n) is 11.0. The van der Waals surface area contributed by atoms with Gasteiger partial charge in [0.2, 0.25) is 11.2 Å². The van der Waals surface area contributed by atoms with E-state index < -0.39 is 6.10 Å². The Hall–Kier alpha value is -2.35. The Kier molecular flexibility index (Phi) is 3.61. The van der Waals surface area contributed by atoms with Crippen molar-refractivity contribution in [3.63, 3.8) is 0 Å². The van der Waals surface area contributed by atoms with Crippen LogP contribution in [0.4, 0.5) is 9.52 Å². The maximum atomic E-state index is 13.2. The lowest BCUT2D eigenvalue weighted by Crippen LogP contribution is -2.28. The summed E-state index contributed by atoms with van der Waals surface area (Å²) >= 11 is 1.28. The van der Waals surface area contributed by atoms with E-state index in [1.54, 1.807) is 19.1 Å². The van der Waals surface area contributed by atoms with Crippen molar-refractivity contribution in [1.82, 2.24) is 10.2 Å². The molecule has 3 rings (SSSR count). The minimum absolute atomic E-state index is 0.285. The number of halogens is 1. The fraction of sp³-hybridized carbons (Fsp3) is 0.231. The minimum Gasteiger partial charge on any atom is -0.382 e. The highest BCUT2D eigenvalue weighted by molar-refractivity contribution is 7.15. The third-order valence-corrected chi connectivity index (χ3v) is 3.63. The highest BCUT2D eigenvalue weighted by Gasteiger charge is 2.29. The van der Waals surface area contributed by atoms with Crippen molar-refractivity contribution < 1.29 is 14.0 Å². The third kappa shape index (κ3) is 3.05. The first-order chi connectivity index (χ1) is 10.1. The zero-order chi connectivity index (χ0) is 14.8. The summed E-state index contributed by atoms with van der Waals surface area (Å²) in [6.45, 7) is 1.80. The Bertz CT molecular complexity index is 716. The fourth-order valence-electron chi connectivity index (χ4n) is 1.89. The van der Waals surface area contributed by atoms with Crippen LogP contribution in [0.15, 0.2) is 29.4 Å². The van der Waals surface area contributed by atoms with E-state index in [4.69, 9.17) is 4.84 Å². The Morgan fingerprint density at radius 1 is 1.48 bits per heavy atom. The number of hydrogen-bond donors (Lipinski definition) is 1. The fourth-order valence-corrected chi connectivity index (χ4v) is 2.48. The van der Waals surface area contributed by atoms with Crippen LogP contribution in [0, 0.1) is 12.7 Å². The lowest BCUT2D eigenvalue weighted by Gasteiger charge is -2.06. The molecule has 8 heteroatoms. The van der Waals surface area contributed by atoms with Gasteiger partial charge >= 0.3 is 0 Å². The molecule has 0 aliphatic carbocycles. The van der Waals surface area contributed by atoms with Crippen LogP contribution in [-0.2, 0) is 9.63 Å². The first-order valence-electron chi connectivity index (χ1n) is 6.21. The number of nitrogens with one attached hydrogen (secondary N) is 1. The molecule has 0 bridgehead atoms. The molecule has 1 aliphatic rings. The molecule has 1 N–H and O–H groups in total. The molecular formula is C13H11FN4O2S. The van der Waals surface area contributed by atoms with Gasteiger partial charge in [-0.2, -0.15) is 0 Å². The van der Waals surface area contributed by atoms with Gasteiger partial charge in [-0.1, -0.05) is 28.6 Å². The summed E-state index contributed by atoms with van der Waals surface area (Å²) in [6, 6.07) is 6.02. The van der Waals surface area contributed by atoms with Gasteiger partial charge in [-0.05, 0) is 19.1 Å². The van der Waals surface area contributed by atoms with Crippen LogP contribution < -0.4 is 5.32 Å². The number of rotatable bonds is 3. The summed E-state index contributed by atoms with van der Waals surface area (Å²) in [5.41, 5.74) is 1.15. The quantitative estimate of drug-likeness (QED) is 0.942. The Balaban J connectivity index is 1.64. The van der Waals surface area contributed by atoms with Gasteiger partial charge in [0.05, 0.1) is 5.71 Å². The Morgan fingerprint density at radius 2 is 2.33 bits per heavy atom. The SMILES string of the molecule is Cc1nnc(NC(=O)C2CC(c3cccc(F)c3)=NO2)s1. The van der Waals surface area contributed by atoms with Crippen molar-refractivity contribution >= 4 is 28.1 Å². The number of nitrogens with zero attached hydrogens (tertiary/aromatic N) is 3. The molecule has 1 unspecified atom stereocenters. The number of aromatic nitrogens is 2. The molecule has 1 aromatic carbocycles.